The molecule has 0 spiro atoms. The first-order valence-corrected chi connectivity index (χ1v) is 9.78. The number of benzene rings is 1. The molecule has 0 amide bonds. The zero-order valence-electron chi connectivity index (χ0n) is 15.7. The maximum absolute atomic E-state index is 5.22. The summed E-state index contributed by atoms with van der Waals surface area (Å²) in [7, 11) is 1.67. The van der Waals surface area contributed by atoms with Crippen molar-refractivity contribution in [2.75, 3.05) is 7.11 Å². The molecule has 0 aliphatic heterocycles. The van der Waals surface area contributed by atoms with Crippen LogP contribution < -0.4 is 4.74 Å². The van der Waals surface area contributed by atoms with Crippen molar-refractivity contribution in [2.24, 2.45) is 0 Å². The molecule has 5 rings (SSSR count). The van der Waals surface area contributed by atoms with E-state index in [1.165, 1.54) is 0 Å². The predicted octanol–water partition coefficient (Wildman–Crippen LogP) is 3.74. The molecule has 0 saturated carbocycles. The van der Waals surface area contributed by atoms with Gasteiger partial charge in [0.25, 0.3) is 0 Å². The van der Waals surface area contributed by atoms with Crippen LogP contribution in [0.3, 0.4) is 0 Å². The Balaban J connectivity index is 1.63. The Morgan fingerprint density at radius 2 is 1.89 bits per heavy atom. The highest BCUT2D eigenvalue weighted by Crippen LogP contribution is 2.30. The number of methoxy groups -OCH3 is 1. The number of nitrogens with zero attached hydrogens (tertiary/aromatic N) is 6. The van der Waals surface area contributed by atoms with E-state index in [9.17, 15) is 0 Å². The maximum atomic E-state index is 5.22. The van der Waals surface area contributed by atoms with E-state index < -0.39 is 0 Å². The second-order valence-electron chi connectivity index (χ2n) is 6.62. The van der Waals surface area contributed by atoms with E-state index in [2.05, 4.69) is 33.5 Å². The van der Waals surface area contributed by atoms with Crippen molar-refractivity contribution in [3.05, 3.63) is 64.8 Å². The van der Waals surface area contributed by atoms with E-state index in [0.29, 0.717) is 6.42 Å². The standard InChI is InChI=1S/C20H18N6OS/c1-12-13(2)26(20-21-8-9-28-20)18-17(12)19-23-16(24-25(19)11-22-18)10-14-4-6-15(27-3)7-5-14/h4-9,11H,10H2,1-3H3. The molecular formula is C20H18N6OS. The van der Waals surface area contributed by atoms with Crippen LogP contribution in [0.15, 0.2) is 42.2 Å². The number of thiazole rings is 1. The quantitative estimate of drug-likeness (QED) is 0.467. The molecule has 140 valence electrons. The predicted molar refractivity (Wildman–Crippen MR) is 109 cm³/mol. The number of ether oxygens (including phenoxy) is 1. The minimum Gasteiger partial charge on any atom is -0.497 e. The Labute approximate surface area is 165 Å². The summed E-state index contributed by atoms with van der Waals surface area (Å²) in [6, 6.07) is 7.97. The number of rotatable bonds is 4. The van der Waals surface area contributed by atoms with Crippen molar-refractivity contribution in [1.29, 1.82) is 0 Å². The molecule has 1 aromatic carbocycles. The molecule has 4 aromatic heterocycles. The van der Waals surface area contributed by atoms with Crippen LogP contribution in [0.2, 0.25) is 0 Å². The van der Waals surface area contributed by atoms with Crippen molar-refractivity contribution >= 4 is 28.0 Å². The van der Waals surface area contributed by atoms with Crippen LogP contribution in [-0.2, 0) is 6.42 Å². The van der Waals surface area contributed by atoms with Crippen molar-refractivity contribution in [3.63, 3.8) is 0 Å². The fourth-order valence-corrected chi connectivity index (χ4v) is 4.16. The van der Waals surface area contributed by atoms with Crippen LogP contribution in [0.4, 0.5) is 0 Å². The van der Waals surface area contributed by atoms with Crippen LogP contribution in [0.25, 0.3) is 21.8 Å². The second-order valence-corrected chi connectivity index (χ2v) is 7.50. The van der Waals surface area contributed by atoms with E-state index in [1.54, 1.807) is 29.3 Å². The van der Waals surface area contributed by atoms with Gasteiger partial charge in [0.1, 0.15) is 12.1 Å². The first-order valence-electron chi connectivity index (χ1n) is 8.90. The number of hydrogen-bond acceptors (Lipinski definition) is 6. The average molecular weight is 390 g/mol. The average Bonchev–Trinajstić information content (AvgIpc) is 3.42. The Bertz CT molecular complexity index is 1280. The summed E-state index contributed by atoms with van der Waals surface area (Å²) in [6.07, 6.45) is 4.19. The molecule has 0 saturated heterocycles. The van der Waals surface area contributed by atoms with Crippen LogP contribution in [0, 0.1) is 13.8 Å². The molecule has 0 radical (unpaired) electrons. The van der Waals surface area contributed by atoms with Gasteiger partial charge >= 0.3 is 0 Å². The van der Waals surface area contributed by atoms with Crippen molar-refractivity contribution in [3.8, 4) is 10.9 Å². The van der Waals surface area contributed by atoms with E-state index >= 15 is 0 Å². The van der Waals surface area contributed by atoms with Gasteiger partial charge in [0.2, 0.25) is 0 Å². The summed E-state index contributed by atoms with van der Waals surface area (Å²) in [4.78, 5) is 13.9. The van der Waals surface area contributed by atoms with Gasteiger partial charge in [-0.25, -0.2) is 19.5 Å². The molecule has 0 atom stereocenters. The Kier molecular flexibility index (Phi) is 3.87. The first-order chi connectivity index (χ1) is 13.7. The highest BCUT2D eigenvalue weighted by molar-refractivity contribution is 7.12. The Morgan fingerprint density at radius 1 is 1.07 bits per heavy atom. The normalized spacial score (nSPS) is 11.5. The molecule has 0 unspecified atom stereocenters. The lowest BCUT2D eigenvalue weighted by molar-refractivity contribution is 0.414. The van der Waals surface area contributed by atoms with Gasteiger partial charge in [-0.3, -0.25) is 4.57 Å². The number of hydrogen-bond donors (Lipinski definition) is 0. The third-order valence-electron chi connectivity index (χ3n) is 5.01. The SMILES string of the molecule is COc1ccc(Cc2nc3c4c(C)c(C)n(-c5nccs5)c4ncn3n2)cc1. The van der Waals surface area contributed by atoms with Crippen molar-refractivity contribution in [1.82, 2.24) is 29.1 Å². The van der Waals surface area contributed by atoms with Crippen LogP contribution in [0.5, 0.6) is 5.75 Å². The van der Waals surface area contributed by atoms with Gasteiger partial charge in [-0.15, -0.1) is 16.4 Å². The smallest absolute Gasteiger partial charge is 0.195 e. The lowest BCUT2D eigenvalue weighted by atomic mass is 10.1. The van der Waals surface area contributed by atoms with Gasteiger partial charge in [-0.05, 0) is 37.1 Å². The zero-order valence-corrected chi connectivity index (χ0v) is 16.6. The Morgan fingerprint density at radius 3 is 2.61 bits per heavy atom. The second kappa shape index (κ2) is 6.42. The minimum absolute atomic E-state index is 0.651. The molecule has 0 aliphatic rings. The molecule has 7 nitrogen and oxygen atoms in total. The van der Waals surface area contributed by atoms with Crippen molar-refractivity contribution < 1.29 is 4.74 Å². The highest BCUT2D eigenvalue weighted by atomic mass is 32.1. The molecule has 0 aliphatic carbocycles. The number of fused-ring (bicyclic) bond motifs is 3. The fraction of sp³-hybridized carbons (Fsp3) is 0.200. The Hall–Kier alpha value is -3.26. The van der Waals surface area contributed by atoms with Crippen molar-refractivity contribution in [2.45, 2.75) is 20.3 Å². The topological polar surface area (TPSA) is 70.1 Å². The molecule has 8 heteroatoms. The number of aromatic nitrogens is 6. The summed E-state index contributed by atoms with van der Waals surface area (Å²) in [6.45, 7) is 4.19. The molecule has 28 heavy (non-hydrogen) atoms. The summed E-state index contributed by atoms with van der Waals surface area (Å²) < 4.78 is 9.08. The zero-order chi connectivity index (χ0) is 19.3. The molecule has 0 N–H and O–H groups in total. The van der Waals surface area contributed by atoms with E-state index in [0.717, 1.165) is 50.2 Å². The van der Waals surface area contributed by atoms with Gasteiger partial charge in [0.15, 0.2) is 22.3 Å². The fourth-order valence-electron chi connectivity index (χ4n) is 3.47. The monoisotopic (exact) mass is 390 g/mol. The van der Waals surface area contributed by atoms with Gasteiger partial charge in [-0.1, -0.05) is 12.1 Å². The van der Waals surface area contributed by atoms with Crippen LogP contribution in [0.1, 0.15) is 22.6 Å². The molecule has 5 aromatic rings. The first kappa shape index (κ1) is 16.9. The molecular weight excluding hydrogens is 372 g/mol. The van der Waals surface area contributed by atoms with Crippen LogP contribution in [-0.4, -0.2) is 36.2 Å². The lowest BCUT2D eigenvalue weighted by Gasteiger charge is -2.02. The van der Waals surface area contributed by atoms with Gasteiger partial charge in [0, 0.05) is 23.7 Å². The maximum Gasteiger partial charge on any atom is 0.195 e. The van der Waals surface area contributed by atoms with E-state index in [1.807, 2.05) is 35.8 Å². The number of aryl methyl sites for hydroxylation is 1. The highest BCUT2D eigenvalue weighted by Gasteiger charge is 2.19. The third-order valence-corrected chi connectivity index (χ3v) is 5.77. The van der Waals surface area contributed by atoms with E-state index in [4.69, 9.17) is 9.72 Å². The summed E-state index contributed by atoms with van der Waals surface area (Å²) in [5.74, 6) is 1.60. The van der Waals surface area contributed by atoms with E-state index in [-0.39, 0.29) is 0 Å². The summed E-state index contributed by atoms with van der Waals surface area (Å²) in [5, 5.41) is 8.53. The van der Waals surface area contributed by atoms with Gasteiger partial charge in [-0.2, -0.15) is 0 Å². The van der Waals surface area contributed by atoms with Crippen LogP contribution >= 0.6 is 11.3 Å². The summed E-state index contributed by atoms with van der Waals surface area (Å²) in [5.41, 5.74) is 5.08. The molecule has 0 bridgehead atoms. The third kappa shape index (κ3) is 2.56. The summed E-state index contributed by atoms with van der Waals surface area (Å²) >= 11 is 1.59. The molecule has 0 fully saturated rings. The lowest BCUT2D eigenvalue weighted by Crippen LogP contribution is -1.98. The largest absolute Gasteiger partial charge is 0.497 e. The van der Waals surface area contributed by atoms with Gasteiger partial charge < -0.3 is 4.74 Å². The molecule has 4 heterocycles. The van der Waals surface area contributed by atoms with Gasteiger partial charge in [0.05, 0.1) is 12.5 Å². The minimum atomic E-state index is 0.651.